The molecule has 0 radical (unpaired) electrons. The standard InChI is InChI=1S/C34H41BrClN3O5S/c1-44-32-20-19-29(23-30(32)36)39(45(2,42)43)21-9-14-33(40)38(24-26-15-17-27(35)18-16-26)31(22-25-10-5-3-6-11-25)34(41)37-28-12-7-4-8-13-28/h3,5-6,10-11,15-20,23,28,31H,4,7-9,12-14,21-22,24H2,1-2H3,(H,37,41). The molecule has 1 aliphatic rings. The molecule has 1 atom stereocenters. The number of carbonyl (C=O) groups excluding carboxylic acids is 2. The number of hydrogen-bond acceptors (Lipinski definition) is 5. The van der Waals surface area contributed by atoms with Crippen molar-refractivity contribution in [2.45, 2.75) is 70.0 Å². The van der Waals surface area contributed by atoms with Crippen molar-refractivity contribution in [3.8, 4) is 5.75 Å². The monoisotopic (exact) mass is 717 g/mol. The fourth-order valence-electron chi connectivity index (χ4n) is 5.70. The summed E-state index contributed by atoms with van der Waals surface area (Å²) in [7, 11) is -2.18. The number of nitrogens with zero attached hydrogens (tertiary/aromatic N) is 2. The summed E-state index contributed by atoms with van der Waals surface area (Å²) in [4.78, 5) is 29.7. The summed E-state index contributed by atoms with van der Waals surface area (Å²) in [6, 6.07) is 21.5. The highest BCUT2D eigenvalue weighted by Gasteiger charge is 2.32. The van der Waals surface area contributed by atoms with E-state index in [9.17, 15) is 18.0 Å². The van der Waals surface area contributed by atoms with Crippen molar-refractivity contribution in [1.82, 2.24) is 10.2 Å². The molecule has 1 fully saturated rings. The van der Waals surface area contributed by atoms with Crippen LogP contribution in [0, 0.1) is 0 Å². The Morgan fingerprint density at radius 1 is 1.00 bits per heavy atom. The topological polar surface area (TPSA) is 96.0 Å². The number of anilines is 1. The number of sulfonamides is 1. The molecule has 0 bridgehead atoms. The van der Waals surface area contributed by atoms with Gasteiger partial charge in [-0.25, -0.2) is 8.42 Å². The number of methoxy groups -OCH3 is 1. The van der Waals surface area contributed by atoms with Gasteiger partial charge in [-0.05, 0) is 60.7 Å². The number of benzene rings is 3. The Balaban J connectivity index is 1.58. The fraction of sp³-hybridized carbons (Fsp3) is 0.412. The average molecular weight is 719 g/mol. The van der Waals surface area contributed by atoms with Crippen LogP contribution in [0.25, 0.3) is 0 Å². The van der Waals surface area contributed by atoms with Crippen molar-refractivity contribution in [2.75, 3.05) is 24.2 Å². The van der Waals surface area contributed by atoms with Gasteiger partial charge in [-0.15, -0.1) is 0 Å². The molecule has 0 spiro atoms. The first-order valence-corrected chi connectivity index (χ1v) is 18.3. The van der Waals surface area contributed by atoms with E-state index in [2.05, 4.69) is 21.2 Å². The zero-order chi connectivity index (χ0) is 32.4. The summed E-state index contributed by atoms with van der Waals surface area (Å²) in [6.07, 6.45) is 6.96. The zero-order valence-electron chi connectivity index (χ0n) is 25.8. The van der Waals surface area contributed by atoms with Crippen molar-refractivity contribution >= 4 is 55.1 Å². The van der Waals surface area contributed by atoms with Gasteiger partial charge in [0.05, 0.1) is 24.1 Å². The van der Waals surface area contributed by atoms with Crippen LogP contribution in [0.3, 0.4) is 0 Å². The molecule has 8 nitrogen and oxygen atoms in total. The van der Waals surface area contributed by atoms with Gasteiger partial charge in [-0.3, -0.25) is 13.9 Å². The normalized spacial score (nSPS) is 14.4. The predicted molar refractivity (Wildman–Crippen MR) is 183 cm³/mol. The van der Waals surface area contributed by atoms with Gasteiger partial charge >= 0.3 is 0 Å². The number of nitrogens with one attached hydrogen (secondary N) is 1. The lowest BCUT2D eigenvalue weighted by Gasteiger charge is -2.34. The van der Waals surface area contributed by atoms with Gasteiger partial charge in [0.2, 0.25) is 21.8 Å². The number of rotatable bonds is 14. The maximum absolute atomic E-state index is 14.1. The van der Waals surface area contributed by atoms with E-state index in [1.165, 1.54) is 23.9 Å². The van der Waals surface area contributed by atoms with Gasteiger partial charge < -0.3 is 15.0 Å². The van der Waals surface area contributed by atoms with E-state index < -0.39 is 16.1 Å². The second kappa shape index (κ2) is 16.5. The molecule has 3 aromatic rings. The number of amides is 2. The van der Waals surface area contributed by atoms with E-state index in [4.69, 9.17) is 16.3 Å². The fourth-order valence-corrected chi connectivity index (χ4v) is 7.17. The highest BCUT2D eigenvalue weighted by molar-refractivity contribution is 9.10. The molecule has 2 amide bonds. The third-order valence-electron chi connectivity index (χ3n) is 8.06. The van der Waals surface area contributed by atoms with Crippen LogP contribution in [0.2, 0.25) is 5.02 Å². The highest BCUT2D eigenvalue weighted by atomic mass is 79.9. The summed E-state index contributed by atoms with van der Waals surface area (Å²) in [5.74, 6) is 0.0456. The lowest BCUT2D eigenvalue weighted by molar-refractivity contribution is -0.141. The van der Waals surface area contributed by atoms with E-state index >= 15 is 0 Å². The minimum absolute atomic E-state index is 0.0500. The van der Waals surface area contributed by atoms with Crippen molar-refractivity contribution < 1.29 is 22.7 Å². The minimum atomic E-state index is -3.67. The molecule has 3 aromatic carbocycles. The molecule has 0 heterocycles. The molecule has 11 heteroatoms. The van der Waals surface area contributed by atoms with Gasteiger partial charge in [0.1, 0.15) is 11.8 Å². The van der Waals surface area contributed by atoms with Crippen molar-refractivity contribution in [3.63, 3.8) is 0 Å². The van der Waals surface area contributed by atoms with Crippen LogP contribution >= 0.6 is 27.5 Å². The van der Waals surface area contributed by atoms with E-state index in [0.717, 1.165) is 47.5 Å². The molecule has 0 aromatic heterocycles. The van der Waals surface area contributed by atoms with Crippen LogP contribution in [0.1, 0.15) is 56.1 Å². The second-order valence-electron chi connectivity index (χ2n) is 11.5. The van der Waals surface area contributed by atoms with Gasteiger partial charge in [0, 0.05) is 36.4 Å². The lowest BCUT2D eigenvalue weighted by Crippen LogP contribution is -2.52. The molecule has 242 valence electrons. The van der Waals surface area contributed by atoms with E-state index in [1.54, 1.807) is 17.0 Å². The third kappa shape index (κ3) is 10.2. The number of halogens is 2. The Morgan fingerprint density at radius 2 is 1.69 bits per heavy atom. The molecule has 1 saturated carbocycles. The van der Waals surface area contributed by atoms with E-state index in [1.807, 2.05) is 54.6 Å². The van der Waals surface area contributed by atoms with Crippen LogP contribution in [-0.4, -0.2) is 57.1 Å². The molecular weight excluding hydrogens is 678 g/mol. The largest absolute Gasteiger partial charge is 0.495 e. The summed E-state index contributed by atoms with van der Waals surface area (Å²) in [5, 5.41) is 3.53. The Labute approximate surface area is 280 Å². The molecule has 0 saturated heterocycles. The number of ether oxygens (including phenoxy) is 1. The smallest absolute Gasteiger partial charge is 0.243 e. The number of hydrogen-bond donors (Lipinski definition) is 1. The Morgan fingerprint density at radius 3 is 2.31 bits per heavy atom. The van der Waals surface area contributed by atoms with Crippen LogP contribution < -0.4 is 14.4 Å². The number of carbonyl (C=O) groups is 2. The molecule has 0 aliphatic heterocycles. The van der Waals surface area contributed by atoms with Crippen molar-refractivity contribution in [2.24, 2.45) is 0 Å². The summed E-state index contributed by atoms with van der Waals surface area (Å²) in [5.41, 5.74) is 2.23. The van der Waals surface area contributed by atoms with Crippen LogP contribution in [-0.2, 0) is 32.6 Å². The summed E-state index contributed by atoms with van der Waals surface area (Å²) >= 11 is 9.76. The van der Waals surface area contributed by atoms with Crippen molar-refractivity contribution in [1.29, 1.82) is 0 Å². The maximum atomic E-state index is 14.1. The first-order chi connectivity index (χ1) is 21.5. The molecule has 1 aliphatic carbocycles. The van der Waals surface area contributed by atoms with E-state index in [-0.39, 0.29) is 48.8 Å². The highest BCUT2D eigenvalue weighted by Crippen LogP contribution is 2.30. The third-order valence-corrected chi connectivity index (χ3v) is 10.1. The van der Waals surface area contributed by atoms with Gasteiger partial charge in [-0.1, -0.05) is 89.3 Å². The Hall–Kier alpha value is -3.08. The average Bonchev–Trinajstić information content (AvgIpc) is 3.02. The first-order valence-electron chi connectivity index (χ1n) is 15.2. The van der Waals surface area contributed by atoms with Gasteiger partial charge in [0.25, 0.3) is 0 Å². The summed E-state index contributed by atoms with van der Waals surface area (Å²) in [6.45, 7) is 0.308. The Kier molecular flexibility index (Phi) is 12.7. The zero-order valence-corrected chi connectivity index (χ0v) is 28.9. The van der Waals surface area contributed by atoms with Crippen LogP contribution in [0.15, 0.2) is 77.3 Å². The van der Waals surface area contributed by atoms with Crippen LogP contribution in [0.4, 0.5) is 5.69 Å². The summed E-state index contributed by atoms with van der Waals surface area (Å²) < 4.78 is 32.9. The minimum Gasteiger partial charge on any atom is -0.495 e. The second-order valence-corrected chi connectivity index (χ2v) is 14.7. The van der Waals surface area contributed by atoms with E-state index in [0.29, 0.717) is 17.9 Å². The lowest BCUT2D eigenvalue weighted by atomic mass is 9.94. The maximum Gasteiger partial charge on any atom is 0.243 e. The molecule has 1 unspecified atom stereocenters. The SMILES string of the molecule is COc1ccc(N(CCCC(=O)N(Cc2ccc(Br)cc2)C(Cc2ccccc2)C(=O)NC2CCCCC2)S(C)(=O)=O)cc1Cl. The first kappa shape index (κ1) is 34.8. The van der Waals surface area contributed by atoms with Gasteiger partial charge in [0.15, 0.2) is 0 Å². The molecule has 1 N–H and O–H groups in total. The molecule has 4 rings (SSSR count). The quantitative estimate of drug-likeness (QED) is 0.199. The van der Waals surface area contributed by atoms with Crippen LogP contribution in [0.5, 0.6) is 5.75 Å². The molecular formula is C34H41BrClN3O5S. The van der Waals surface area contributed by atoms with Crippen molar-refractivity contribution in [3.05, 3.63) is 93.4 Å². The van der Waals surface area contributed by atoms with Gasteiger partial charge in [-0.2, -0.15) is 0 Å². The molecule has 45 heavy (non-hydrogen) atoms. The Bertz CT molecular complexity index is 1530. The predicted octanol–water partition coefficient (Wildman–Crippen LogP) is 6.75.